The highest BCUT2D eigenvalue weighted by atomic mass is 32.1. The second-order valence-corrected chi connectivity index (χ2v) is 6.54. The maximum atomic E-state index is 12.3. The normalized spacial score (nSPS) is 13.6. The molecular formula is C19H15F2N3O3S. The van der Waals surface area contributed by atoms with Crippen molar-refractivity contribution in [3.8, 4) is 28.5 Å². The van der Waals surface area contributed by atoms with Gasteiger partial charge in [0, 0.05) is 18.0 Å². The number of rotatable bonds is 5. The topological polar surface area (TPSA) is 57.3 Å². The number of fused-ring (bicyclic) bond motifs is 1. The molecule has 0 fully saturated rings. The van der Waals surface area contributed by atoms with Gasteiger partial charge in [0.25, 0.3) is 0 Å². The largest absolute Gasteiger partial charge is 0.454 e. The number of halogens is 2. The summed E-state index contributed by atoms with van der Waals surface area (Å²) in [5.41, 5.74) is 2.43. The van der Waals surface area contributed by atoms with Gasteiger partial charge in [0.15, 0.2) is 11.5 Å². The number of ether oxygens (including phenoxy) is 3. The molecule has 0 unspecified atom stereocenters. The molecule has 144 valence electrons. The minimum Gasteiger partial charge on any atom is -0.454 e. The Hall–Kier alpha value is -3.20. The lowest BCUT2D eigenvalue weighted by Gasteiger charge is -2.06. The summed E-state index contributed by atoms with van der Waals surface area (Å²) in [5.74, 6) is 1.48. The molecule has 0 atom stereocenters. The van der Waals surface area contributed by atoms with Crippen molar-refractivity contribution in [2.75, 3.05) is 13.8 Å². The van der Waals surface area contributed by atoms with E-state index in [9.17, 15) is 8.78 Å². The van der Waals surface area contributed by atoms with Crippen molar-refractivity contribution in [3.63, 3.8) is 0 Å². The summed E-state index contributed by atoms with van der Waals surface area (Å²) in [4.78, 5) is 4.94. The number of hydrogen-bond acceptors (Lipinski definition) is 6. The van der Waals surface area contributed by atoms with Crippen LogP contribution in [0.25, 0.3) is 11.3 Å². The van der Waals surface area contributed by atoms with Gasteiger partial charge in [-0.3, -0.25) is 4.99 Å². The standard InChI is InChI=1S/C19H15F2N3O3S/c1-22-19-24(23-9-12-2-7-16-17(8-12)26-11-25-16)15(10-28-19)13-3-5-14(6-4-13)27-18(20)21/h2-10,18H,11H2,1H3/b22-19?,23-9+. The molecule has 4 rings (SSSR count). The van der Waals surface area contributed by atoms with Crippen LogP contribution in [-0.2, 0) is 0 Å². The van der Waals surface area contributed by atoms with E-state index in [2.05, 4.69) is 14.8 Å². The van der Waals surface area contributed by atoms with Crippen molar-refractivity contribution in [3.05, 3.63) is 58.2 Å². The highest BCUT2D eigenvalue weighted by molar-refractivity contribution is 7.07. The maximum absolute atomic E-state index is 12.3. The molecule has 1 aromatic heterocycles. The van der Waals surface area contributed by atoms with Crippen molar-refractivity contribution in [1.29, 1.82) is 0 Å². The minimum atomic E-state index is -2.85. The molecule has 6 nitrogen and oxygen atoms in total. The molecule has 0 bridgehead atoms. The van der Waals surface area contributed by atoms with E-state index >= 15 is 0 Å². The molecule has 0 amide bonds. The molecule has 0 N–H and O–H groups in total. The minimum absolute atomic E-state index is 0.102. The number of hydrogen-bond donors (Lipinski definition) is 0. The van der Waals surface area contributed by atoms with Gasteiger partial charge in [-0.2, -0.15) is 13.9 Å². The Bertz CT molecular complexity index is 1070. The number of alkyl halides is 2. The van der Waals surface area contributed by atoms with Gasteiger partial charge in [-0.15, -0.1) is 11.3 Å². The van der Waals surface area contributed by atoms with E-state index in [1.54, 1.807) is 30.1 Å². The predicted molar refractivity (Wildman–Crippen MR) is 101 cm³/mol. The summed E-state index contributed by atoms with van der Waals surface area (Å²) < 4.78 is 41.4. The van der Waals surface area contributed by atoms with E-state index in [1.165, 1.54) is 23.5 Å². The first-order valence-electron chi connectivity index (χ1n) is 8.26. The van der Waals surface area contributed by atoms with Crippen molar-refractivity contribution >= 4 is 17.6 Å². The second kappa shape index (κ2) is 7.81. The summed E-state index contributed by atoms with van der Waals surface area (Å²) in [5, 5.41) is 6.45. The van der Waals surface area contributed by atoms with Crippen molar-refractivity contribution in [2.24, 2.45) is 10.1 Å². The Labute approximate surface area is 163 Å². The third-order valence-electron chi connectivity index (χ3n) is 3.97. The number of aromatic nitrogens is 1. The molecule has 0 spiro atoms. The third-order valence-corrected chi connectivity index (χ3v) is 4.88. The average Bonchev–Trinajstić information content (AvgIpc) is 3.32. The highest BCUT2D eigenvalue weighted by Crippen LogP contribution is 2.32. The van der Waals surface area contributed by atoms with Crippen molar-refractivity contribution in [2.45, 2.75) is 6.61 Å². The molecule has 28 heavy (non-hydrogen) atoms. The summed E-state index contributed by atoms with van der Waals surface area (Å²) in [6.45, 7) is -2.64. The first-order valence-corrected chi connectivity index (χ1v) is 9.14. The predicted octanol–water partition coefficient (Wildman–Crippen LogP) is 3.96. The molecule has 0 radical (unpaired) electrons. The van der Waals surface area contributed by atoms with E-state index in [4.69, 9.17) is 9.47 Å². The fourth-order valence-electron chi connectivity index (χ4n) is 2.69. The number of nitrogens with zero attached hydrogens (tertiary/aromatic N) is 3. The van der Waals surface area contributed by atoms with E-state index in [1.807, 2.05) is 23.6 Å². The maximum Gasteiger partial charge on any atom is 0.387 e. The van der Waals surface area contributed by atoms with Crippen LogP contribution in [0.1, 0.15) is 5.56 Å². The van der Waals surface area contributed by atoms with Gasteiger partial charge in [0.1, 0.15) is 5.75 Å². The van der Waals surface area contributed by atoms with E-state index < -0.39 is 6.61 Å². The fraction of sp³-hybridized carbons (Fsp3) is 0.158. The zero-order valence-corrected chi connectivity index (χ0v) is 15.5. The molecule has 9 heteroatoms. The van der Waals surface area contributed by atoms with Gasteiger partial charge in [0.05, 0.1) is 11.9 Å². The lowest BCUT2D eigenvalue weighted by Crippen LogP contribution is -2.11. The number of benzene rings is 2. The Kier molecular flexibility index (Phi) is 5.07. The van der Waals surface area contributed by atoms with Crippen LogP contribution in [0.2, 0.25) is 0 Å². The highest BCUT2D eigenvalue weighted by Gasteiger charge is 2.13. The molecule has 3 aromatic rings. The zero-order chi connectivity index (χ0) is 19.5. The molecular weight excluding hydrogens is 388 g/mol. The Morgan fingerprint density at radius 1 is 1.14 bits per heavy atom. The number of thiazole rings is 1. The van der Waals surface area contributed by atoms with Crippen LogP contribution in [0.5, 0.6) is 17.2 Å². The van der Waals surface area contributed by atoms with Crippen LogP contribution in [0.15, 0.2) is 57.9 Å². The molecule has 2 heterocycles. The molecule has 0 aliphatic carbocycles. The summed E-state index contributed by atoms with van der Waals surface area (Å²) >= 11 is 1.43. The second-order valence-electron chi connectivity index (χ2n) is 5.70. The summed E-state index contributed by atoms with van der Waals surface area (Å²) in [7, 11) is 1.68. The van der Waals surface area contributed by atoms with E-state index in [0.717, 1.165) is 16.8 Å². The first kappa shape index (κ1) is 18.2. The van der Waals surface area contributed by atoms with Crippen LogP contribution in [0.3, 0.4) is 0 Å². The smallest absolute Gasteiger partial charge is 0.387 e. The summed E-state index contributed by atoms with van der Waals surface area (Å²) in [6.07, 6.45) is 1.70. The van der Waals surface area contributed by atoms with Gasteiger partial charge < -0.3 is 14.2 Å². The SMILES string of the molecule is CN=c1scc(-c2ccc(OC(F)F)cc2)n1/N=C/c1ccc2c(c1)OCO2. The van der Waals surface area contributed by atoms with Crippen LogP contribution in [0, 0.1) is 0 Å². The molecule has 1 aliphatic heterocycles. The third kappa shape index (κ3) is 3.74. The van der Waals surface area contributed by atoms with Crippen LogP contribution < -0.4 is 19.0 Å². The van der Waals surface area contributed by atoms with Gasteiger partial charge in [-0.05, 0) is 48.0 Å². The van der Waals surface area contributed by atoms with Crippen LogP contribution in [-0.4, -0.2) is 31.3 Å². The lowest BCUT2D eigenvalue weighted by atomic mass is 10.2. The Morgan fingerprint density at radius 3 is 2.68 bits per heavy atom. The van der Waals surface area contributed by atoms with Gasteiger partial charge in [-0.1, -0.05) is 0 Å². The molecule has 0 saturated carbocycles. The van der Waals surface area contributed by atoms with Crippen LogP contribution >= 0.6 is 11.3 Å². The Morgan fingerprint density at radius 2 is 1.93 bits per heavy atom. The van der Waals surface area contributed by atoms with E-state index in [-0.39, 0.29) is 12.5 Å². The fourth-order valence-corrected chi connectivity index (χ4v) is 3.49. The first-order chi connectivity index (χ1) is 13.6. The van der Waals surface area contributed by atoms with Gasteiger partial charge >= 0.3 is 6.61 Å². The monoisotopic (exact) mass is 403 g/mol. The van der Waals surface area contributed by atoms with Crippen LogP contribution in [0.4, 0.5) is 8.78 Å². The van der Waals surface area contributed by atoms with Crippen molar-refractivity contribution < 1.29 is 23.0 Å². The molecule has 2 aromatic carbocycles. The quantitative estimate of drug-likeness (QED) is 0.606. The lowest BCUT2D eigenvalue weighted by molar-refractivity contribution is -0.0498. The van der Waals surface area contributed by atoms with Gasteiger partial charge in [0.2, 0.25) is 11.6 Å². The summed E-state index contributed by atoms with van der Waals surface area (Å²) in [6, 6.07) is 11.9. The molecule has 1 aliphatic rings. The zero-order valence-electron chi connectivity index (χ0n) is 14.7. The Balaban J connectivity index is 1.65. The van der Waals surface area contributed by atoms with Crippen molar-refractivity contribution in [1.82, 2.24) is 4.68 Å². The average molecular weight is 403 g/mol. The van der Waals surface area contributed by atoms with E-state index in [0.29, 0.717) is 16.3 Å². The molecule has 0 saturated heterocycles. The van der Waals surface area contributed by atoms with Gasteiger partial charge in [-0.25, -0.2) is 4.68 Å².